The number of aliphatic hydroxyl groups is 1. The highest BCUT2D eigenvalue weighted by molar-refractivity contribution is 5.32. The number of aliphatic hydroxyl groups excluding tert-OH is 1. The SMILES string of the molecule is CCCOc1cncc(C(O)C(C)(C)c2ccccc2)c1. The topological polar surface area (TPSA) is 42.4 Å². The van der Waals surface area contributed by atoms with Crippen LogP contribution < -0.4 is 4.74 Å². The molecular weight excluding hydrogens is 262 g/mol. The second-order valence-electron chi connectivity index (χ2n) is 5.79. The molecule has 1 atom stereocenters. The van der Waals surface area contributed by atoms with Crippen molar-refractivity contribution in [3.63, 3.8) is 0 Å². The van der Waals surface area contributed by atoms with Gasteiger partial charge in [0.05, 0.1) is 18.9 Å². The monoisotopic (exact) mass is 285 g/mol. The number of hydrogen-bond donors (Lipinski definition) is 1. The first-order chi connectivity index (χ1) is 10.1. The molecule has 21 heavy (non-hydrogen) atoms. The zero-order valence-electron chi connectivity index (χ0n) is 12.9. The lowest BCUT2D eigenvalue weighted by molar-refractivity contribution is 0.0995. The van der Waals surface area contributed by atoms with Gasteiger partial charge in [0.1, 0.15) is 5.75 Å². The lowest BCUT2D eigenvalue weighted by Gasteiger charge is -2.31. The van der Waals surface area contributed by atoms with Gasteiger partial charge in [-0.3, -0.25) is 4.98 Å². The van der Waals surface area contributed by atoms with E-state index in [1.807, 2.05) is 50.2 Å². The van der Waals surface area contributed by atoms with Gasteiger partial charge in [0.25, 0.3) is 0 Å². The van der Waals surface area contributed by atoms with Crippen LogP contribution >= 0.6 is 0 Å². The van der Waals surface area contributed by atoms with E-state index in [2.05, 4.69) is 11.9 Å². The number of rotatable bonds is 6. The maximum absolute atomic E-state index is 10.8. The number of nitrogens with zero attached hydrogens (tertiary/aromatic N) is 1. The van der Waals surface area contributed by atoms with Gasteiger partial charge in [-0.25, -0.2) is 0 Å². The van der Waals surface area contributed by atoms with E-state index in [0.717, 1.165) is 17.5 Å². The van der Waals surface area contributed by atoms with Gasteiger partial charge in [0, 0.05) is 17.2 Å². The van der Waals surface area contributed by atoms with Crippen LogP contribution in [0.4, 0.5) is 0 Å². The van der Waals surface area contributed by atoms with Crippen molar-refractivity contribution in [2.45, 2.75) is 38.7 Å². The molecule has 3 nitrogen and oxygen atoms in total. The molecule has 0 radical (unpaired) electrons. The molecular formula is C18H23NO2. The van der Waals surface area contributed by atoms with E-state index in [4.69, 9.17) is 4.74 Å². The molecule has 1 heterocycles. The molecule has 0 saturated carbocycles. The Kier molecular flexibility index (Phi) is 4.97. The fourth-order valence-corrected chi connectivity index (χ4v) is 2.33. The molecule has 1 unspecified atom stereocenters. The van der Waals surface area contributed by atoms with Gasteiger partial charge in [0.15, 0.2) is 0 Å². The Morgan fingerprint density at radius 3 is 2.57 bits per heavy atom. The van der Waals surface area contributed by atoms with Crippen molar-refractivity contribution < 1.29 is 9.84 Å². The molecule has 0 bridgehead atoms. The van der Waals surface area contributed by atoms with Crippen molar-refractivity contribution in [3.8, 4) is 5.75 Å². The Balaban J connectivity index is 2.24. The average molecular weight is 285 g/mol. The summed E-state index contributed by atoms with van der Waals surface area (Å²) in [5.74, 6) is 0.706. The zero-order valence-corrected chi connectivity index (χ0v) is 12.9. The molecule has 0 aliphatic rings. The van der Waals surface area contributed by atoms with E-state index in [1.165, 1.54) is 0 Å². The predicted molar refractivity (Wildman–Crippen MR) is 84.5 cm³/mol. The molecule has 0 fully saturated rings. The summed E-state index contributed by atoms with van der Waals surface area (Å²) in [6.07, 6.45) is 3.69. The number of hydrogen-bond acceptors (Lipinski definition) is 3. The second-order valence-corrected chi connectivity index (χ2v) is 5.79. The average Bonchev–Trinajstić information content (AvgIpc) is 2.53. The minimum Gasteiger partial charge on any atom is -0.492 e. The van der Waals surface area contributed by atoms with Crippen molar-refractivity contribution in [2.75, 3.05) is 6.61 Å². The first-order valence-electron chi connectivity index (χ1n) is 7.37. The zero-order chi connectivity index (χ0) is 15.3. The minimum absolute atomic E-state index is 0.397. The number of ether oxygens (including phenoxy) is 1. The van der Waals surface area contributed by atoms with Crippen LogP contribution in [0.3, 0.4) is 0 Å². The first kappa shape index (κ1) is 15.5. The third kappa shape index (κ3) is 3.61. The standard InChI is InChI=1S/C18H23NO2/c1-4-10-21-16-11-14(12-19-13-16)17(20)18(2,3)15-8-6-5-7-9-15/h5-9,11-13,17,20H,4,10H2,1-3H3. The van der Waals surface area contributed by atoms with Gasteiger partial charge in [-0.15, -0.1) is 0 Å². The molecule has 0 spiro atoms. The normalized spacial score (nSPS) is 13.0. The van der Waals surface area contributed by atoms with Crippen LogP contribution in [0.5, 0.6) is 5.75 Å². The summed E-state index contributed by atoms with van der Waals surface area (Å²) in [7, 11) is 0. The summed E-state index contributed by atoms with van der Waals surface area (Å²) < 4.78 is 5.59. The van der Waals surface area contributed by atoms with Crippen molar-refractivity contribution in [2.24, 2.45) is 0 Å². The smallest absolute Gasteiger partial charge is 0.137 e. The highest BCUT2D eigenvalue weighted by atomic mass is 16.5. The van der Waals surface area contributed by atoms with Gasteiger partial charge in [-0.05, 0) is 18.1 Å². The summed E-state index contributed by atoms with van der Waals surface area (Å²) in [4.78, 5) is 4.18. The maximum atomic E-state index is 10.8. The maximum Gasteiger partial charge on any atom is 0.137 e. The molecule has 0 saturated heterocycles. The molecule has 0 amide bonds. The third-order valence-electron chi connectivity index (χ3n) is 3.72. The van der Waals surface area contributed by atoms with Crippen molar-refractivity contribution >= 4 is 0 Å². The fourth-order valence-electron chi connectivity index (χ4n) is 2.33. The number of aromatic nitrogens is 1. The lowest BCUT2D eigenvalue weighted by atomic mass is 9.77. The molecule has 2 rings (SSSR count). The Labute approximate surface area is 126 Å². The van der Waals surface area contributed by atoms with Gasteiger partial charge in [-0.1, -0.05) is 51.1 Å². The largest absolute Gasteiger partial charge is 0.492 e. The van der Waals surface area contributed by atoms with E-state index >= 15 is 0 Å². The first-order valence-corrected chi connectivity index (χ1v) is 7.37. The number of benzene rings is 1. The van der Waals surface area contributed by atoms with E-state index in [1.54, 1.807) is 12.4 Å². The van der Waals surface area contributed by atoms with Crippen LogP contribution in [0.1, 0.15) is 44.4 Å². The van der Waals surface area contributed by atoms with Crippen LogP contribution in [-0.2, 0) is 5.41 Å². The van der Waals surface area contributed by atoms with Gasteiger partial charge in [-0.2, -0.15) is 0 Å². The summed E-state index contributed by atoms with van der Waals surface area (Å²) in [5.41, 5.74) is 1.47. The Hall–Kier alpha value is -1.87. The quantitative estimate of drug-likeness (QED) is 0.875. The van der Waals surface area contributed by atoms with Crippen LogP contribution in [0.25, 0.3) is 0 Å². The van der Waals surface area contributed by atoms with E-state index in [9.17, 15) is 5.11 Å². The lowest BCUT2D eigenvalue weighted by Crippen LogP contribution is -2.26. The van der Waals surface area contributed by atoms with Crippen molar-refractivity contribution in [1.29, 1.82) is 0 Å². The van der Waals surface area contributed by atoms with Crippen LogP contribution in [-0.4, -0.2) is 16.7 Å². The molecule has 1 aromatic heterocycles. The summed E-state index contributed by atoms with van der Waals surface area (Å²) in [6, 6.07) is 11.9. The summed E-state index contributed by atoms with van der Waals surface area (Å²) in [5, 5.41) is 10.8. The molecule has 3 heteroatoms. The molecule has 0 aliphatic carbocycles. The van der Waals surface area contributed by atoms with Gasteiger partial charge in [0.2, 0.25) is 0 Å². The highest BCUT2D eigenvalue weighted by Crippen LogP contribution is 2.37. The Morgan fingerprint density at radius 2 is 1.90 bits per heavy atom. The molecule has 2 aromatic rings. The van der Waals surface area contributed by atoms with Crippen LogP contribution in [0.2, 0.25) is 0 Å². The fraction of sp³-hybridized carbons (Fsp3) is 0.389. The second kappa shape index (κ2) is 6.72. The molecule has 1 aromatic carbocycles. The predicted octanol–water partition coefficient (Wildman–Crippen LogP) is 3.88. The Morgan fingerprint density at radius 1 is 1.19 bits per heavy atom. The molecule has 0 aliphatic heterocycles. The Bertz CT molecular complexity index is 566. The summed E-state index contributed by atoms with van der Waals surface area (Å²) >= 11 is 0. The number of pyridine rings is 1. The van der Waals surface area contributed by atoms with Crippen molar-refractivity contribution in [3.05, 3.63) is 59.9 Å². The van der Waals surface area contributed by atoms with E-state index in [0.29, 0.717) is 12.4 Å². The molecule has 112 valence electrons. The van der Waals surface area contributed by atoms with Crippen molar-refractivity contribution in [1.82, 2.24) is 4.98 Å². The third-order valence-corrected chi connectivity index (χ3v) is 3.72. The van der Waals surface area contributed by atoms with Crippen LogP contribution in [0.15, 0.2) is 48.8 Å². The van der Waals surface area contributed by atoms with E-state index < -0.39 is 11.5 Å². The van der Waals surface area contributed by atoms with Crippen LogP contribution in [0, 0.1) is 0 Å². The highest BCUT2D eigenvalue weighted by Gasteiger charge is 2.31. The minimum atomic E-state index is -0.641. The van der Waals surface area contributed by atoms with Gasteiger partial charge >= 0.3 is 0 Å². The summed E-state index contributed by atoms with van der Waals surface area (Å²) in [6.45, 7) is 6.78. The molecule has 1 N–H and O–H groups in total. The van der Waals surface area contributed by atoms with Gasteiger partial charge < -0.3 is 9.84 Å². The van der Waals surface area contributed by atoms with E-state index in [-0.39, 0.29) is 0 Å².